The summed E-state index contributed by atoms with van der Waals surface area (Å²) in [6.45, 7) is 2.06. The zero-order chi connectivity index (χ0) is 13.2. The molecular weight excluding hydrogens is 293 g/mol. The summed E-state index contributed by atoms with van der Waals surface area (Å²) in [4.78, 5) is 0. The second-order valence-corrected chi connectivity index (χ2v) is 4.71. The quantitative estimate of drug-likeness (QED) is 0.499. The number of rotatable bonds is 2. The van der Waals surface area contributed by atoms with Crippen molar-refractivity contribution in [1.29, 1.82) is 0 Å². The molecule has 0 atom stereocenters. The van der Waals surface area contributed by atoms with Crippen LogP contribution in [-0.4, -0.2) is 14.8 Å². The average molecular weight is 305 g/mol. The number of benzene rings is 2. The van der Waals surface area contributed by atoms with Crippen LogP contribution in [0.25, 0.3) is 17.1 Å². The van der Waals surface area contributed by atoms with E-state index in [2.05, 4.69) is 29.3 Å². The van der Waals surface area contributed by atoms with E-state index in [1.165, 1.54) is 5.56 Å². The number of aromatic nitrogens is 3. The zero-order valence-corrected chi connectivity index (χ0v) is 15.4. The molecule has 3 rings (SSSR count). The van der Waals surface area contributed by atoms with Crippen LogP contribution < -0.4 is 51.4 Å². The van der Waals surface area contributed by atoms with Crippen LogP contribution in [0.5, 0.6) is 0 Å². The Hall–Kier alpha value is -0.564. The molecule has 0 N–H and O–H groups in total. The summed E-state index contributed by atoms with van der Waals surface area (Å²) < 4.78 is 1.89. The van der Waals surface area contributed by atoms with Crippen molar-refractivity contribution in [2.24, 2.45) is 0 Å². The Morgan fingerprint density at radius 1 is 0.900 bits per heavy atom. The molecule has 0 saturated heterocycles. The van der Waals surface area contributed by atoms with E-state index in [4.69, 9.17) is 12.6 Å². The van der Waals surface area contributed by atoms with Crippen molar-refractivity contribution >= 4 is 12.6 Å². The van der Waals surface area contributed by atoms with Crippen molar-refractivity contribution in [2.45, 2.75) is 12.1 Å². The Balaban J connectivity index is 0.00000147. The van der Waals surface area contributed by atoms with E-state index in [1.807, 2.05) is 47.0 Å². The van der Waals surface area contributed by atoms with Gasteiger partial charge in [0.15, 0.2) is 5.82 Å². The summed E-state index contributed by atoms with van der Waals surface area (Å²) in [5.41, 5.74) is 3.20. The van der Waals surface area contributed by atoms with E-state index in [0.29, 0.717) is 5.16 Å². The molecule has 0 aliphatic heterocycles. The molecule has 3 aromatic rings. The third kappa shape index (κ3) is 3.19. The second-order valence-electron chi connectivity index (χ2n) is 4.34. The monoisotopic (exact) mass is 305 g/mol. The largest absolute Gasteiger partial charge is 1.00 e. The van der Waals surface area contributed by atoms with E-state index in [0.717, 1.165) is 17.1 Å². The maximum Gasteiger partial charge on any atom is 1.00 e. The normalized spacial score (nSPS) is 10.1. The molecule has 0 amide bonds. The van der Waals surface area contributed by atoms with Crippen LogP contribution in [0.15, 0.2) is 59.8 Å². The van der Waals surface area contributed by atoms with Gasteiger partial charge in [-0.1, -0.05) is 48.0 Å². The molecule has 20 heavy (non-hydrogen) atoms. The first-order valence-corrected chi connectivity index (χ1v) is 6.41. The molecule has 94 valence electrons. The third-order valence-electron chi connectivity index (χ3n) is 2.96. The van der Waals surface area contributed by atoms with Gasteiger partial charge in [-0.15, -0.1) is 5.10 Å². The summed E-state index contributed by atoms with van der Waals surface area (Å²) in [6, 6.07) is 18.1. The van der Waals surface area contributed by atoms with Crippen LogP contribution in [0, 0.1) is 6.92 Å². The fourth-order valence-electron chi connectivity index (χ4n) is 1.97. The van der Waals surface area contributed by atoms with Gasteiger partial charge in [-0.2, -0.15) is 5.10 Å². The summed E-state index contributed by atoms with van der Waals surface area (Å²) in [6.07, 6.45) is 0. The minimum Gasteiger partial charge on any atom is -0.740 e. The topological polar surface area (TPSA) is 30.7 Å². The minimum absolute atomic E-state index is 0. The molecule has 0 unspecified atom stereocenters. The molecule has 1 aromatic heterocycles. The molecule has 3 nitrogen and oxygen atoms in total. The third-order valence-corrected chi connectivity index (χ3v) is 3.22. The van der Waals surface area contributed by atoms with E-state index >= 15 is 0 Å². The maximum atomic E-state index is 5.28. The molecule has 2 aromatic carbocycles. The van der Waals surface area contributed by atoms with Crippen molar-refractivity contribution in [2.75, 3.05) is 0 Å². The predicted molar refractivity (Wildman–Crippen MR) is 77.2 cm³/mol. The fraction of sp³-hybridized carbons (Fsp3) is 0.0667. The van der Waals surface area contributed by atoms with Crippen LogP contribution in [0.1, 0.15) is 5.56 Å². The van der Waals surface area contributed by atoms with Crippen molar-refractivity contribution in [3.63, 3.8) is 0 Å². The van der Waals surface area contributed by atoms with Crippen LogP contribution in [0.3, 0.4) is 0 Å². The number of hydrogen-bond donors (Lipinski definition) is 0. The SMILES string of the molecule is Cc1ccc(-n2c([S-])nnc2-c2ccccc2)cc1.[K+]. The average Bonchev–Trinajstić information content (AvgIpc) is 2.83. The second kappa shape index (κ2) is 6.93. The van der Waals surface area contributed by atoms with Gasteiger partial charge in [0, 0.05) is 16.4 Å². The molecule has 0 spiro atoms. The predicted octanol–water partition coefficient (Wildman–Crippen LogP) is 0.153. The number of aryl methyl sites for hydroxylation is 1. The van der Waals surface area contributed by atoms with Crippen molar-refractivity contribution < 1.29 is 51.4 Å². The molecule has 5 heteroatoms. The first-order chi connectivity index (χ1) is 9.25. The molecule has 0 saturated carbocycles. The van der Waals surface area contributed by atoms with Crippen molar-refractivity contribution in [1.82, 2.24) is 14.8 Å². The molecule has 1 heterocycles. The van der Waals surface area contributed by atoms with Gasteiger partial charge in [0.1, 0.15) is 0 Å². The minimum atomic E-state index is 0. The van der Waals surface area contributed by atoms with Gasteiger partial charge in [0.05, 0.1) is 0 Å². The standard InChI is InChI=1S/C15H13N3S.K/c1-11-7-9-13(10-8-11)18-14(16-17-15(18)19)12-5-3-2-4-6-12;/h2-10H,1H3,(H,17,19);/q;+1/p-1. The van der Waals surface area contributed by atoms with Crippen LogP contribution >= 0.6 is 0 Å². The van der Waals surface area contributed by atoms with Crippen molar-refractivity contribution in [3.05, 3.63) is 60.2 Å². The Bertz CT molecular complexity index is 693. The zero-order valence-electron chi connectivity index (χ0n) is 11.4. The molecule has 0 bridgehead atoms. The van der Waals surface area contributed by atoms with Gasteiger partial charge < -0.3 is 12.6 Å². The molecular formula is C15H12KN3S. The van der Waals surface area contributed by atoms with E-state index < -0.39 is 0 Å². The summed E-state index contributed by atoms with van der Waals surface area (Å²) in [7, 11) is 0. The van der Waals surface area contributed by atoms with Gasteiger partial charge in [-0.05, 0) is 19.1 Å². The van der Waals surface area contributed by atoms with Gasteiger partial charge in [0.2, 0.25) is 0 Å². The van der Waals surface area contributed by atoms with Crippen LogP contribution in [0.2, 0.25) is 0 Å². The van der Waals surface area contributed by atoms with E-state index in [-0.39, 0.29) is 51.4 Å². The Kier molecular flexibility index (Phi) is 5.48. The molecule has 0 aliphatic rings. The molecule has 0 radical (unpaired) electrons. The van der Waals surface area contributed by atoms with Crippen LogP contribution in [-0.2, 0) is 12.6 Å². The number of hydrogen-bond acceptors (Lipinski definition) is 3. The van der Waals surface area contributed by atoms with Crippen molar-refractivity contribution in [3.8, 4) is 17.1 Å². The van der Waals surface area contributed by atoms with Gasteiger partial charge in [0.25, 0.3) is 0 Å². The summed E-state index contributed by atoms with van der Waals surface area (Å²) in [5, 5.41) is 8.69. The first-order valence-electron chi connectivity index (χ1n) is 6.00. The van der Waals surface area contributed by atoms with Gasteiger partial charge in [-0.25, -0.2) is 0 Å². The summed E-state index contributed by atoms with van der Waals surface area (Å²) >= 11 is 5.28. The van der Waals surface area contributed by atoms with Gasteiger partial charge >= 0.3 is 51.4 Å². The molecule has 0 fully saturated rings. The summed E-state index contributed by atoms with van der Waals surface area (Å²) in [5.74, 6) is 0.773. The Morgan fingerprint density at radius 3 is 2.20 bits per heavy atom. The fourth-order valence-corrected chi connectivity index (χ4v) is 2.20. The van der Waals surface area contributed by atoms with Gasteiger partial charge in [-0.3, -0.25) is 4.57 Å². The van der Waals surface area contributed by atoms with E-state index in [1.54, 1.807) is 0 Å². The number of nitrogens with zero attached hydrogens (tertiary/aromatic N) is 3. The van der Waals surface area contributed by atoms with Crippen LogP contribution in [0.4, 0.5) is 0 Å². The Labute approximate surface area is 166 Å². The smallest absolute Gasteiger partial charge is 0.740 e. The maximum absolute atomic E-state index is 5.28. The first kappa shape index (κ1) is 15.8. The van der Waals surface area contributed by atoms with E-state index in [9.17, 15) is 0 Å². The Morgan fingerprint density at radius 2 is 1.55 bits per heavy atom. The molecule has 0 aliphatic carbocycles.